The number of nitrogens with two attached hydrogens (primary N) is 1. The number of primary amides is 1. The number of ether oxygens (including phenoxy) is 2. The van der Waals surface area contributed by atoms with Gasteiger partial charge in [-0.05, 0) is 123 Å². The number of anilines is 1. The van der Waals surface area contributed by atoms with Crippen LogP contribution in [0.3, 0.4) is 0 Å². The van der Waals surface area contributed by atoms with E-state index in [0.29, 0.717) is 42.2 Å². The standard InChI is InChI=1S/C57H68F2N8O7/c1-33-30-65(22-20-41(33)38-12-15-42-45(28-38)64(4)63-54(42)67-25-21-48(69)62-56(67)72)31-36-18-23-66(24-19-36)55(71)37-10-13-40(14-11-37)61-32-57(39-8-6-5-7-9-39)35(3)50-47(74-57)29-44(58)34(2)49(50)51-43(53(60)70)16-17-46(52(51)59)73-27-26-68/h5-9,12,15-17,28-29,33,35-37,40-41,61,68H,10-11,13-14,18-27,30-32H2,1-4H3,(H2,60,70)(H,62,69,72). The lowest BCUT2D eigenvalue weighted by atomic mass is 9.76. The van der Waals surface area contributed by atoms with Gasteiger partial charge in [-0.15, -0.1) is 0 Å². The maximum Gasteiger partial charge on any atom is 0.329 e. The fourth-order valence-corrected chi connectivity index (χ4v) is 12.8. The number of nitrogens with zero attached hydrogens (tertiary/aromatic N) is 5. The number of imide groups is 1. The quantitative estimate of drug-likeness (QED) is 0.0862. The molecule has 17 heteroatoms. The van der Waals surface area contributed by atoms with E-state index in [2.05, 4.69) is 50.7 Å². The van der Waals surface area contributed by atoms with E-state index in [1.807, 2.05) is 49.0 Å². The van der Waals surface area contributed by atoms with Crippen molar-refractivity contribution in [2.24, 2.45) is 30.5 Å². The highest BCUT2D eigenvalue weighted by Gasteiger charge is 2.50. The fourth-order valence-electron chi connectivity index (χ4n) is 12.8. The number of aryl methyl sites for hydroxylation is 1. The van der Waals surface area contributed by atoms with Crippen molar-refractivity contribution in [3.05, 3.63) is 106 Å². The lowest BCUT2D eigenvalue weighted by Crippen LogP contribution is -2.49. The number of piperidine rings is 2. The molecule has 5 aliphatic rings. The number of amides is 5. The first-order valence-corrected chi connectivity index (χ1v) is 26.4. The molecule has 4 atom stereocenters. The van der Waals surface area contributed by atoms with Crippen LogP contribution in [0.15, 0.2) is 66.7 Å². The summed E-state index contributed by atoms with van der Waals surface area (Å²) in [7, 11) is 1.90. The van der Waals surface area contributed by atoms with Crippen molar-refractivity contribution in [1.29, 1.82) is 0 Å². The lowest BCUT2D eigenvalue weighted by molar-refractivity contribution is -0.138. The smallest absolute Gasteiger partial charge is 0.329 e. The van der Waals surface area contributed by atoms with Gasteiger partial charge in [-0.2, -0.15) is 5.10 Å². The number of urea groups is 1. The molecule has 1 saturated carbocycles. The van der Waals surface area contributed by atoms with Gasteiger partial charge < -0.3 is 35.4 Å². The Morgan fingerprint density at radius 1 is 0.946 bits per heavy atom. The summed E-state index contributed by atoms with van der Waals surface area (Å²) in [6.07, 6.45) is 6.42. The number of rotatable bonds is 14. The minimum atomic E-state index is -1.04. The van der Waals surface area contributed by atoms with Crippen LogP contribution < -0.4 is 30.7 Å². The third-order valence-corrected chi connectivity index (χ3v) is 16.9. The van der Waals surface area contributed by atoms with Gasteiger partial charge in [0.15, 0.2) is 23.0 Å². The van der Waals surface area contributed by atoms with Gasteiger partial charge in [0, 0.05) is 93.2 Å². The van der Waals surface area contributed by atoms with Crippen LogP contribution in [-0.2, 0) is 22.2 Å². The number of likely N-dealkylation sites (tertiary alicyclic amines) is 2. The van der Waals surface area contributed by atoms with Crippen LogP contribution in [0.25, 0.3) is 22.0 Å². The van der Waals surface area contributed by atoms with Gasteiger partial charge in [0.1, 0.15) is 18.2 Å². The molecule has 4 fully saturated rings. The number of aliphatic hydroxyl groups is 1. The minimum Gasteiger partial charge on any atom is -0.488 e. The molecule has 5 amide bonds. The zero-order chi connectivity index (χ0) is 52.0. The van der Waals surface area contributed by atoms with E-state index in [1.54, 1.807) is 11.8 Å². The monoisotopic (exact) mass is 1010 g/mol. The van der Waals surface area contributed by atoms with Crippen LogP contribution >= 0.6 is 0 Å². The molecule has 1 aliphatic carbocycles. The number of carbonyl (C=O) groups is 4. The third-order valence-electron chi connectivity index (χ3n) is 16.9. The van der Waals surface area contributed by atoms with E-state index in [0.717, 1.165) is 94.1 Å². The predicted molar refractivity (Wildman–Crippen MR) is 277 cm³/mol. The zero-order valence-corrected chi connectivity index (χ0v) is 42.8. The molecule has 4 aromatic carbocycles. The van der Waals surface area contributed by atoms with Crippen molar-refractivity contribution >= 4 is 40.5 Å². The Kier molecular flexibility index (Phi) is 14.5. The molecule has 74 heavy (non-hydrogen) atoms. The average molecular weight is 1020 g/mol. The van der Waals surface area contributed by atoms with Crippen LogP contribution in [-0.4, -0.2) is 114 Å². The number of hydrogen-bond donors (Lipinski definition) is 4. The highest BCUT2D eigenvalue weighted by atomic mass is 19.1. The number of benzene rings is 4. The van der Waals surface area contributed by atoms with Gasteiger partial charge in [-0.1, -0.05) is 50.2 Å². The molecule has 15 nitrogen and oxygen atoms in total. The largest absolute Gasteiger partial charge is 0.488 e. The summed E-state index contributed by atoms with van der Waals surface area (Å²) in [5.41, 5.74) is 8.44. The summed E-state index contributed by atoms with van der Waals surface area (Å²) in [5.74, 6) is -0.885. The Hall–Kier alpha value is -6.43. The first-order chi connectivity index (χ1) is 35.6. The number of aliphatic hydroxyl groups excluding tert-OH is 1. The summed E-state index contributed by atoms with van der Waals surface area (Å²) in [4.78, 5) is 57.5. The molecule has 5 N–H and O–H groups in total. The summed E-state index contributed by atoms with van der Waals surface area (Å²) in [6.45, 7) is 10.6. The van der Waals surface area contributed by atoms with Crippen LogP contribution in [0.2, 0.25) is 0 Å². The lowest BCUT2D eigenvalue weighted by Gasteiger charge is -2.41. The average Bonchev–Trinajstić information content (AvgIpc) is 3.87. The molecular formula is C57H68F2N8O7. The van der Waals surface area contributed by atoms with Crippen molar-refractivity contribution in [2.45, 2.75) is 95.6 Å². The van der Waals surface area contributed by atoms with Crippen LogP contribution in [0.4, 0.5) is 19.4 Å². The van der Waals surface area contributed by atoms with E-state index in [1.165, 1.54) is 23.8 Å². The molecule has 4 unspecified atom stereocenters. The summed E-state index contributed by atoms with van der Waals surface area (Å²) >= 11 is 0. The second-order valence-electron chi connectivity index (χ2n) is 21.4. The van der Waals surface area contributed by atoms with Crippen molar-refractivity contribution in [3.8, 4) is 22.6 Å². The Morgan fingerprint density at radius 2 is 1.70 bits per heavy atom. The summed E-state index contributed by atoms with van der Waals surface area (Å²) in [6, 6.07) is 19.8. The number of fused-ring (bicyclic) bond motifs is 2. The second-order valence-corrected chi connectivity index (χ2v) is 21.4. The number of carbonyl (C=O) groups excluding carboxylic acids is 4. The number of halogens is 2. The van der Waals surface area contributed by atoms with Gasteiger partial charge in [0.25, 0.3) is 0 Å². The van der Waals surface area contributed by atoms with Gasteiger partial charge in [-0.3, -0.25) is 29.3 Å². The van der Waals surface area contributed by atoms with Gasteiger partial charge in [0.2, 0.25) is 17.7 Å². The van der Waals surface area contributed by atoms with Crippen molar-refractivity contribution in [2.75, 3.05) is 63.9 Å². The van der Waals surface area contributed by atoms with E-state index in [4.69, 9.17) is 15.2 Å². The molecule has 5 heterocycles. The molecule has 0 bridgehead atoms. The van der Waals surface area contributed by atoms with Crippen LogP contribution in [0, 0.1) is 36.3 Å². The Balaban J connectivity index is 0.737. The molecule has 3 saturated heterocycles. The van der Waals surface area contributed by atoms with Crippen molar-refractivity contribution < 1.29 is 42.5 Å². The first kappa shape index (κ1) is 51.1. The van der Waals surface area contributed by atoms with Crippen molar-refractivity contribution in [1.82, 2.24) is 30.2 Å². The molecular weight excluding hydrogens is 947 g/mol. The normalized spacial score (nSPS) is 24.7. The van der Waals surface area contributed by atoms with Crippen LogP contribution in [0.1, 0.15) is 110 Å². The Labute approximate surface area is 430 Å². The Bertz CT molecular complexity index is 2950. The molecule has 5 aromatic rings. The molecule has 392 valence electrons. The minimum absolute atomic E-state index is 0.0365. The molecule has 0 radical (unpaired) electrons. The topological polar surface area (TPSA) is 185 Å². The SMILES string of the molecule is Cc1c(F)cc2c(c1-c1c(C(N)=O)ccc(OCCO)c1F)C(C)C(CNC1CCC(C(=O)N3CCC(CN4CCC(c5ccc6c(N7CCC(=O)NC7=O)nn(C)c6c5)C(C)C4)CC3)CC1)(c1ccccc1)O2. The fraction of sp³-hybridized carbons (Fsp3) is 0.491. The third kappa shape index (κ3) is 9.62. The molecule has 1 aromatic heterocycles. The molecule has 10 rings (SSSR count). The van der Waals surface area contributed by atoms with Crippen LogP contribution in [0.5, 0.6) is 11.5 Å². The first-order valence-electron chi connectivity index (χ1n) is 26.4. The second kappa shape index (κ2) is 21.1. The summed E-state index contributed by atoms with van der Waals surface area (Å²) in [5, 5.41) is 21.2. The highest BCUT2D eigenvalue weighted by Crippen LogP contribution is 2.56. The molecule has 4 aliphatic heterocycles. The zero-order valence-electron chi connectivity index (χ0n) is 42.8. The number of nitrogens with one attached hydrogen (secondary N) is 2. The number of hydrogen-bond acceptors (Lipinski definition) is 10. The van der Waals surface area contributed by atoms with E-state index in [9.17, 15) is 24.3 Å². The Morgan fingerprint density at radius 3 is 2.41 bits per heavy atom. The maximum atomic E-state index is 16.5. The summed E-state index contributed by atoms with van der Waals surface area (Å²) < 4.78 is 46.8. The predicted octanol–water partition coefficient (Wildman–Crippen LogP) is 7.65. The van der Waals surface area contributed by atoms with Crippen molar-refractivity contribution in [3.63, 3.8) is 0 Å². The van der Waals surface area contributed by atoms with Gasteiger partial charge in [-0.25, -0.2) is 13.6 Å². The maximum absolute atomic E-state index is 16.5. The van der Waals surface area contributed by atoms with Gasteiger partial charge in [0.05, 0.1) is 17.7 Å². The molecule has 0 spiro atoms. The van der Waals surface area contributed by atoms with E-state index >= 15 is 8.78 Å². The van der Waals surface area contributed by atoms with E-state index < -0.39 is 35.1 Å². The van der Waals surface area contributed by atoms with Gasteiger partial charge >= 0.3 is 6.03 Å². The number of aromatic nitrogens is 2. The highest BCUT2D eigenvalue weighted by molar-refractivity contribution is 6.09. The van der Waals surface area contributed by atoms with E-state index in [-0.39, 0.29) is 77.2 Å².